The molecule has 0 radical (unpaired) electrons. The van der Waals surface area contributed by atoms with E-state index in [1.807, 2.05) is 42.5 Å². The molecule has 0 aliphatic heterocycles. The topological polar surface area (TPSA) is 68.2 Å². The number of phenolic OH excluding ortho intramolecular Hbond substituents is 1. The number of anilines is 1. The Morgan fingerprint density at radius 2 is 1.31 bits per heavy atom. The number of carbonyl (C=O) groups is 1. The number of ether oxygens (including phenoxy) is 3. The first-order chi connectivity index (χ1) is 17.6. The van der Waals surface area contributed by atoms with Crippen molar-refractivity contribution in [1.29, 1.82) is 0 Å². The molecule has 0 unspecified atom stereocenters. The molecule has 0 bridgehead atoms. The predicted octanol–water partition coefficient (Wildman–Crippen LogP) is 6.25. The first-order valence-corrected chi connectivity index (χ1v) is 11.7. The van der Waals surface area contributed by atoms with Crippen LogP contribution in [0.25, 0.3) is 11.1 Å². The summed E-state index contributed by atoms with van der Waals surface area (Å²) in [7, 11) is 2.92. The van der Waals surface area contributed by atoms with Crippen LogP contribution >= 0.6 is 0 Å². The van der Waals surface area contributed by atoms with E-state index in [0.717, 1.165) is 22.3 Å². The Labute approximate surface area is 210 Å². The maximum atomic E-state index is 13.8. The van der Waals surface area contributed by atoms with Gasteiger partial charge in [-0.2, -0.15) is 0 Å². The number of fused-ring (bicyclic) bond motifs is 3. The summed E-state index contributed by atoms with van der Waals surface area (Å²) in [5, 5.41) is 9.81. The number of aromatic hydroxyl groups is 1. The minimum Gasteiger partial charge on any atom is -0.508 e. The number of hydrogen-bond acceptors (Lipinski definition) is 5. The zero-order valence-electron chi connectivity index (χ0n) is 20.1. The maximum Gasteiger partial charge on any atom is 0.418 e. The molecule has 6 nitrogen and oxygen atoms in total. The summed E-state index contributed by atoms with van der Waals surface area (Å²) >= 11 is 0. The van der Waals surface area contributed by atoms with Gasteiger partial charge in [0.25, 0.3) is 5.91 Å². The van der Waals surface area contributed by atoms with E-state index in [-0.39, 0.29) is 18.3 Å². The summed E-state index contributed by atoms with van der Waals surface area (Å²) < 4.78 is 17.7. The van der Waals surface area contributed by atoms with Gasteiger partial charge in [0.1, 0.15) is 12.4 Å². The van der Waals surface area contributed by atoms with Gasteiger partial charge in [0, 0.05) is 25.7 Å². The molecule has 4 aromatic carbocycles. The number of nitrogens with zero attached hydrogens (tertiary/aromatic N) is 1. The fraction of sp³-hybridized carbons (Fsp3) is 0.167. The second-order valence-electron chi connectivity index (χ2n) is 8.51. The quantitative estimate of drug-likeness (QED) is 0.316. The molecule has 0 heterocycles. The summed E-state index contributed by atoms with van der Waals surface area (Å²) in [6.45, 7) is 0.148. The normalized spacial score (nSPS) is 12.6. The first-order valence-electron chi connectivity index (χ1n) is 11.7. The highest BCUT2D eigenvalue weighted by molar-refractivity contribution is 5.89. The van der Waals surface area contributed by atoms with Crippen molar-refractivity contribution in [3.8, 4) is 16.9 Å². The lowest BCUT2D eigenvalue weighted by molar-refractivity contribution is -0.211. The summed E-state index contributed by atoms with van der Waals surface area (Å²) in [4.78, 5) is 15.2. The van der Waals surface area contributed by atoms with Gasteiger partial charge in [-0.1, -0.05) is 66.7 Å². The van der Waals surface area contributed by atoms with Crippen LogP contribution in [0.15, 0.2) is 103 Å². The van der Waals surface area contributed by atoms with E-state index in [2.05, 4.69) is 24.3 Å². The highest BCUT2D eigenvalue weighted by atomic mass is 16.7. The van der Waals surface area contributed by atoms with E-state index >= 15 is 0 Å². The van der Waals surface area contributed by atoms with Crippen molar-refractivity contribution < 1.29 is 24.1 Å². The predicted molar refractivity (Wildman–Crippen MR) is 138 cm³/mol. The largest absolute Gasteiger partial charge is 0.508 e. The van der Waals surface area contributed by atoms with Crippen LogP contribution in [0.3, 0.4) is 0 Å². The molecule has 0 fully saturated rings. The van der Waals surface area contributed by atoms with E-state index < -0.39 is 12.0 Å². The van der Waals surface area contributed by atoms with Gasteiger partial charge in [-0.25, -0.2) is 9.69 Å². The zero-order chi connectivity index (χ0) is 25.1. The van der Waals surface area contributed by atoms with Crippen LogP contribution in [0.2, 0.25) is 0 Å². The number of carbonyl (C=O) groups excluding carboxylic acids is 1. The average molecular weight is 482 g/mol. The van der Waals surface area contributed by atoms with Gasteiger partial charge in [0.05, 0.1) is 5.69 Å². The minimum absolute atomic E-state index is 0.0901. The van der Waals surface area contributed by atoms with Crippen LogP contribution in [0.4, 0.5) is 10.5 Å². The number of benzene rings is 4. The fourth-order valence-corrected chi connectivity index (χ4v) is 4.93. The Balaban J connectivity index is 1.51. The summed E-state index contributed by atoms with van der Waals surface area (Å²) in [5.41, 5.74) is 5.61. The van der Waals surface area contributed by atoms with E-state index in [4.69, 9.17) is 14.2 Å². The molecule has 1 aliphatic carbocycles. The molecule has 182 valence electrons. The molecule has 5 rings (SSSR count). The number of methoxy groups -OCH3 is 2. The average Bonchev–Trinajstić information content (AvgIpc) is 3.25. The lowest BCUT2D eigenvalue weighted by Crippen LogP contribution is -2.53. The molecule has 0 atom stereocenters. The lowest BCUT2D eigenvalue weighted by atomic mass is 9.98. The third-order valence-electron chi connectivity index (χ3n) is 6.61. The minimum atomic E-state index is -1.63. The highest BCUT2D eigenvalue weighted by Gasteiger charge is 2.45. The van der Waals surface area contributed by atoms with Crippen LogP contribution in [0.1, 0.15) is 22.6 Å². The van der Waals surface area contributed by atoms with E-state index in [1.165, 1.54) is 31.3 Å². The Bertz CT molecular complexity index is 1300. The molecule has 1 amide bonds. The summed E-state index contributed by atoms with van der Waals surface area (Å²) in [6, 6.07) is 31.8. The maximum absolute atomic E-state index is 13.8. The second-order valence-corrected chi connectivity index (χ2v) is 8.51. The molecule has 0 saturated heterocycles. The molecule has 0 saturated carbocycles. The molecule has 36 heavy (non-hydrogen) atoms. The summed E-state index contributed by atoms with van der Waals surface area (Å²) in [6.07, 6.45) is -0.625. The molecule has 1 N–H and O–H groups in total. The molecular formula is C30H27NO5. The van der Waals surface area contributed by atoms with Crippen molar-refractivity contribution in [2.45, 2.75) is 11.8 Å². The Hall–Kier alpha value is -4.13. The van der Waals surface area contributed by atoms with Crippen molar-refractivity contribution in [1.82, 2.24) is 0 Å². The molecule has 4 aromatic rings. The van der Waals surface area contributed by atoms with Crippen molar-refractivity contribution in [3.63, 3.8) is 0 Å². The monoisotopic (exact) mass is 481 g/mol. The molecule has 0 aromatic heterocycles. The van der Waals surface area contributed by atoms with E-state index in [1.54, 1.807) is 24.3 Å². The second kappa shape index (κ2) is 9.85. The van der Waals surface area contributed by atoms with Crippen LogP contribution in [0.5, 0.6) is 5.75 Å². The number of hydrogen-bond donors (Lipinski definition) is 1. The number of amides is 1. The van der Waals surface area contributed by atoms with Gasteiger partial charge in [-0.05, 0) is 58.7 Å². The van der Waals surface area contributed by atoms with Gasteiger partial charge < -0.3 is 19.3 Å². The fourth-order valence-electron chi connectivity index (χ4n) is 4.93. The van der Waals surface area contributed by atoms with Gasteiger partial charge in [0.15, 0.2) is 0 Å². The van der Waals surface area contributed by atoms with Crippen LogP contribution in [-0.4, -0.2) is 32.0 Å². The Morgan fingerprint density at radius 1 is 0.778 bits per heavy atom. The van der Waals surface area contributed by atoms with E-state index in [0.29, 0.717) is 11.3 Å². The van der Waals surface area contributed by atoms with Crippen LogP contribution in [-0.2, 0) is 20.1 Å². The smallest absolute Gasteiger partial charge is 0.418 e. The van der Waals surface area contributed by atoms with Crippen LogP contribution < -0.4 is 4.90 Å². The van der Waals surface area contributed by atoms with Gasteiger partial charge in [-0.3, -0.25) is 0 Å². The molecule has 0 spiro atoms. The third kappa shape index (κ3) is 4.00. The molecular weight excluding hydrogens is 454 g/mol. The Morgan fingerprint density at radius 3 is 1.86 bits per heavy atom. The molecule has 1 aliphatic rings. The van der Waals surface area contributed by atoms with Gasteiger partial charge in [-0.15, -0.1) is 0 Å². The number of rotatable bonds is 7. The highest BCUT2D eigenvalue weighted by Crippen LogP contribution is 2.45. The first kappa shape index (κ1) is 23.6. The SMILES string of the molecule is COC(OC)(c1ccc(O)cc1)N(C(=O)OCC1c2ccccc2-c2ccccc21)c1ccccc1. The van der Waals surface area contributed by atoms with Crippen molar-refractivity contribution in [2.75, 3.05) is 25.7 Å². The van der Waals surface area contributed by atoms with Crippen LogP contribution in [0, 0.1) is 0 Å². The summed E-state index contributed by atoms with van der Waals surface area (Å²) in [5.74, 6) is -1.63. The standard InChI is InChI=1S/C30H27NO5/c1-34-30(35-2,21-16-18-23(32)19-17-21)31(22-10-4-3-5-11-22)29(33)36-20-28-26-14-8-6-12-24(26)25-13-7-9-15-27(25)28/h3-19,28,32H,20H2,1-2H3. The zero-order valence-corrected chi connectivity index (χ0v) is 20.1. The Kier molecular flexibility index (Phi) is 6.46. The lowest BCUT2D eigenvalue weighted by Gasteiger charge is -2.40. The van der Waals surface area contributed by atoms with Crippen molar-refractivity contribution in [3.05, 3.63) is 120 Å². The van der Waals surface area contributed by atoms with Gasteiger partial charge in [0.2, 0.25) is 0 Å². The van der Waals surface area contributed by atoms with Gasteiger partial charge >= 0.3 is 6.09 Å². The van der Waals surface area contributed by atoms with E-state index in [9.17, 15) is 9.90 Å². The van der Waals surface area contributed by atoms with Crippen molar-refractivity contribution in [2.24, 2.45) is 0 Å². The third-order valence-corrected chi connectivity index (χ3v) is 6.61. The molecule has 6 heteroatoms. The van der Waals surface area contributed by atoms with Crippen molar-refractivity contribution >= 4 is 11.8 Å². The number of phenols is 1. The number of para-hydroxylation sites is 1.